The van der Waals surface area contributed by atoms with Crippen molar-refractivity contribution in [2.45, 2.75) is 40.2 Å². The molecule has 0 unspecified atom stereocenters. The van der Waals surface area contributed by atoms with E-state index in [1.807, 2.05) is 43.9 Å². The number of pyridine rings is 1. The number of aromatic nitrogens is 1. The Hall–Kier alpha value is -1.78. The zero-order valence-corrected chi connectivity index (χ0v) is 12.9. The number of nitrogens with zero attached hydrogens (tertiary/aromatic N) is 2. The van der Waals surface area contributed by atoms with E-state index in [9.17, 15) is 4.79 Å². The van der Waals surface area contributed by atoms with Crippen LogP contribution in [0, 0.1) is 0 Å². The van der Waals surface area contributed by atoms with Crippen molar-refractivity contribution < 1.29 is 4.79 Å². The molecule has 0 saturated carbocycles. The van der Waals surface area contributed by atoms with E-state index in [2.05, 4.69) is 22.5 Å². The fourth-order valence-corrected chi connectivity index (χ4v) is 1.85. The number of rotatable bonds is 8. The van der Waals surface area contributed by atoms with E-state index in [0.717, 1.165) is 31.1 Å². The first-order valence-electron chi connectivity index (χ1n) is 7.32. The van der Waals surface area contributed by atoms with Gasteiger partial charge in [-0.1, -0.05) is 13.0 Å². The molecule has 1 aromatic heterocycles. The summed E-state index contributed by atoms with van der Waals surface area (Å²) >= 11 is 0. The quantitative estimate of drug-likeness (QED) is 0.766. The molecular formula is C15H26N4O. The van der Waals surface area contributed by atoms with E-state index < -0.39 is 0 Å². The molecule has 0 saturated heterocycles. The van der Waals surface area contributed by atoms with Gasteiger partial charge in [0.05, 0.1) is 6.54 Å². The van der Waals surface area contributed by atoms with Crippen LogP contribution in [0.5, 0.6) is 0 Å². The van der Waals surface area contributed by atoms with E-state index in [1.54, 1.807) is 0 Å². The van der Waals surface area contributed by atoms with Crippen molar-refractivity contribution in [2.75, 3.05) is 29.9 Å². The van der Waals surface area contributed by atoms with Crippen molar-refractivity contribution >= 4 is 17.5 Å². The van der Waals surface area contributed by atoms with Gasteiger partial charge in [-0.2, -0.15) is 0 Å². The van der Waals surface area contributed by atoms with Crippen LogP contribution in [0.25, 0.3) is 0 Å². The Morgan fingerprint density at radius 3 is 2.70 bits per heavy atom. The number of amides is 1. The maximum Gasteiger partial charge on any atom is 0.239 e. The third-order valence-corrected chi connectivity index (χ3v) is 2.78. The van der Waals surface area contributed by atoms with Crippen LogP contribution in [0.3, 0.4) is 0 Å². The number of carbonyl (C=O) groups is 1. The van der Waals surface area contributed by atoms with Gasteiger partial charge in [0.25, 0.3) is 0 Å². The van der Waals surface area contributed by atoms with E-state index in [1.165, 1.54) is 0 Å². The molecule has 0 aliphatic heterocycles. The molecule has 0 spiro atoms. The Kier molecular flexibility index (Phi) is 6.84. The number of likely N-dealkylation sites (N-methyl/N-ethyl adjacent to an activating group) is 1. The predicted octanol–water partition coefficient (Wildman–Crippen LogP) is 2.25. The first-order valence-corrected chi connectivity index (χ1v) is 7.32. The topological polar surface area (TPSA) is 57.3 Å². The van der Waals surface area contributed by atoms with Gasteiger partial charge in [0.2, 0.25) is 5.91 Å². The maximum absolute atomic E-state index is 11.9. The van der Waals surface area contributed by atoms with Gasteiger partial charge in [0.1, 0.15) is 11.6 Å². The molecule has 5 heteroatoms. The van der Waals surface area contributed by atoms with Crippen molar-refractivity contribution in [1.82, 2.24) is 10.3 Å². The number of nitrogens with one attached hydrogen (secondary N) is 2. The summed E-state index contributed by atoms with van der Waals surface area (Å²) in [4.78, 5) is 18.4. The maximum atomic E-state index is 11.9. The summed E-state index contributed by atoms with van der Waals surface area (Å²) in [6.45, 7) is 10.0. The van der Waals surface area contributed by atoms with Crippen LogP contribution >= 0.6 is 0 Å². The minimum atomic E-state index is 0.0237. The summed E-state index contributed by atoms with van der Waals surface area (Å²) in [5, 5.41) is 6.16. The summed E-state index contributed by atoms with van der Waals surface area (Å²) in [5.41, 5.74) is 0. The molecule has 0 atom stereocenters. The standard InChI is InChI=1S/C15H26N4O/c1-5-10-16-13-8-7-9-14(18-13)19(6-2)11-15(20)17-12(3)4/h7-9,12H,5-6,10-11H2,1-4H3,(H,16,18)(H,17,20). The minimum Gasteiger partial charge on any atom is -0.370 e. The van der Waals surface area contributed by atoms with Crippen molar-refractivity contribution in [3.8, 4) is 0 Å². The normalized spacial score (nSPS) is 10.4. The average molecular weight is 278 g/mol. The fourth-order valence-electron chi connectivity index (χ4n) is 1.85. The molecule has 0 radical (unpaired) electrons. The summed E-state index contributed by atoms with van der Waals surface area (Å²) in [6.07, 6.45) is 1.06. The highest BCUT2D eigenvalue weighted by atomic mass is 16.2. The Bertz CT molecular complexity index is 420. The molecule has 0 bridgehead atoms. The van der Waals surface area contributed by atoms with Gasteiger partial charge in [0, 0.05) is 19.1 Å². The highest BCUT2D eigenvalue weighted by Gasteiger charge is 2.12. The Morgan fingerprint density at radius 1 is 1.35 bits per heavy atom. The Balaban J connectivity index is 2.71. The van der Waals surface area contributed by atoms with Crippen molar-refractivity contribution in [1.29, 1.82) is 0 Å². The molecule has 112 valence electrons. The van der Waals surface area contributed by atoms with E-state index in [-0.39, 0.29) is 11.9 Å². The van der Waals surface area contributed by atoms with Gasteiger partial charge in [-0.05, 0) is 39.3 Å². The number of hydrogen-bond donors (Lipinski definition) is 2. The van der Waals surface area contributed by atoms with Crippen LogP contribution < -0.4 is 15.5 Å². The summed E-state index contributed by atoms with van der Waals surface area (Å²) < 4.78 is 0. The third kappa shape index (κ3) is 5.47. The molecule has 1 amide bonds. The first-order chi connectivity index (χ1) is 9.56. The van der Waals surface area contributed by atoms with Crippen molar-refractivity contribution in [2.24, 2.45) is 0 Å². The number of carbonyl (C=O) groups excluding carboxylic acids is 1. The van der Waals surface area contributed by atoms with Crippen LogP contribution in [-0.2, 0) is 4.79 Å². The molecule has 0 aliphatic carbocycles. The third-order valence-electron chi connectivity index (χ3n) is 2.78. The second-order valence-corrected chi connectivity index (χ2v) is 5.04. The lowest BCUT2D eigenvalue weighted by molar-refractivity contribution is -0.120. The molecule has 5 nitrogen and oxygen atoms in total. The number of anilines is 2. The summed E-state index contributed by atoms with van der Waals surface area (Å²) in [7, 11) is 0. The lowest BCUT2D eigenvalue weighted by Crippen LogP contribution is -2.40. The van der Waals surface area contributed by atoms with Gasteiger partial charge in [-0.25, -0.2) is 4.98 Å². The lowest BCUT2D eigenvalue weighted by Gasteiger charge is -2.22. The van der Waals surface area contributed by atoms with Gasteiger partial charge < -0.3 is 15.5 Å². The molecule has 0 aromatic carbocycles. The van der Waals surface area contributed by atoms with Crippen LogP contribution in [-0.4, -0.2) is 36.6 Å². The summed E-state index contributed by atoms with van der Waals surface area (Å²) in [5.74, 6) is 1.70. The smallest absolute Gasteiger partial charge is 0.239 e. The minimum absolute atomic E-state index is 0.0237. The molecule has 1 aromatic rings. The second-order valence-electron chi connectivity index (χ2n) is 5.04. The molecule has 2 N–H and O–H groups in total. The fraction of sp³-hybridized carbons (Fsp3) is 0.600. The predicted molar refractivity (Wildman–Crippen MR) is 84.2 cm³/mol. The molecule has 1 heterocycles. The monoisotopic (exact) mass is 278 g/mol. The van der Waals surface area contributed by atoms with E-state index in [4.69, 9.17) is 0 Å². The zero-order valence-electron chi connectivity index (χ0n) is 12.9. The van der Waals surface area contributed by atoms with Crippen LogP contribution in [0.1, 0.15) is 34.1 Å². The highest BCUT2D eigenvalue weighted by Crippen LogP contribution is 2.14. The van der Waals surface area contributed by atoms with Crippen molar-refractivity contribution in [3.05, 3.63) is 18.2 Å². The molecule has 0 aliphatic rings. The largest absolute Gasteiger partial charge is 0.370 e. The van der Waals surface area contributed by atoms with Gasteiger partial charge >= 0.3 is 0 Å². The molecule has 1 rings (SSSR count). The zero-order chi connectivity index (χ0) is 15.0. The van der Waals surface area contributed by atoms with E-state index in [0.29, 0.717) is 6.54 Å². The van der Waals surface area contributed by atoms with Crippen LogP contribution in [0.15, 0.2) is 18.2 Å². The molecule has 0 fully saturated rings. The SMILES string of the molecule is CCCNc1cccc(N(CC)CC(=O)NC(C)C)n1. The first kappa shape index (κ1) is 16.3. The van der Waals surface area contributed by atoms with Crippen LogP contribution in [0.4, 0.5) is 11.6 Å². The van der Waals surface area contributed by atoms with Crippen molar-refractivity contribution in [3.63, 3.8) is 0 Å². The second kappa shape index (κ2) is 8.40. The Labute approximate surface area is 121 Å². The molecular weight excluding hydrogens is 252 g/mol. The summed E-state index contributed by atoms with van der Waals surface area (Å²) in [6, 6.07) is 6.00. The highest BCUT2D eigenvalue weighted by molar-refractivity contribution is 5.81. The number of hydrogen-bond acceptors (Lipinski definition) is 4. The van der Waals surface area contributed by atoms with Gasteiger partial charge in [-0.15, -0.1) is 0 Å². The Morgan fingerprint density at radius 2 is 2.10 bits per heavy atom. The van der Waals surface area contributed by atoms with Gasteiger partial charge in [0.15, 0.2) is 0 Å². The van der Waals surface area contributed by atoms with Crippen LogP contribution in [0.2, 0.25) is 0 Å². The molecule has 20 heavy (non-hydrogen) atoms. The van der Waals surface area contributed by atoms with Gasteiger partial charge in [-0.3, -0.25) is 4.79 Å². The lowest BCUT2D eigenvalue weighted by atomic mass is 10.3. The average Bonchev–Trinajstić information content (AvgIpc) is 2.42. The van der Waals surface area contributed by atoms with E-state index >= 15 is 0 Å².